The Morgan fingerprint density at radius 3 is 2.53 bits per heavy atom. The van der Waals surface area contributed by atoms with Crippen LogP contribution in [-0.2, 0) is 5.41 Å². The molecule has 0 aliphatic heterocycles. The first-order valence-electron chi connectivity index (χ1n) is 4.95. The normalized spacial score (nSPS) is 12.3. The SMILES string of the molecule is Cc1cc2oc(C(C)(C)C)nc2cc1Cl. The molecular formula is C12H14ClNO. The third-order valence-corrected chi connectivity index (χ3v) is 2.72. The number of hydrogen-bond donors (Lipinski definition) is 0. The number of rotatable bonds is 0. The fourth-order valence-corrected chi connectivity index (χ4v) is 1.53. The lowest BCUT2D eigenvalue weighted by Crippen LogP contribution is -2.10. The molecule has 0 amide bonds. The van der Waals surface area contributed by atoms with Gasteiger partial charge in [0.1, 0.15) is 5.52 Å². The summed E-state index contributed by atoms with van der Waals surface area (Å²) in [5.41, 5.74) is 2.58. The van der Waals surface area contributed by atoms with Gasteiger partial charge in [-0.15, -0.1) is 0 Å². The van der Waals surface area contributed by atoms with Crippen molar-refractivity contribution < 1.29 is 4.42 Å². The Hall–Kier alpha value is -1.02. The molecule has 80 valence electrons. The van der Waals surface area contributed by atoms with E-state index in [0.29, 0.717) is 0 Å². The topological polar surface area (TPSA) is 26.0 Å². The lowest BCUT2D eigenvalue weighted by molar-refractivity contribution is 0.411. The minimum atomic E-state index is -0.0700. The van der Waals surface area contributed by atoms with E-state index in [4.69, 9.17) is 16.0 Å². The molecule has 0 radical (unpaired) electrons. The van der Waals surface area contributed by atoms with E-state index in [2.05, 4.69) is 25.8 Å². The second kappa shape index (κ2) is 3.24. The van der Waals surface area contributed by atoms with Crippen LogP contribution in [0.3, 0.4) is 0 Å². The van der Waals surface area contributed by atoms with Crippen molar-refractivity contribution in [2.24, 2.45) is 0 Å². The first-order valence-corrected chi connectivity index (χ1v) is 5.33. The zero-order valence-corrected chi connectivity index (χ0v) is 10.1. The smallest absolute Gasteiger partial charge is 0.200 e. The maximum absolute atomic E-state index is 6.03. The van der Waals surface area contributed by atoms with Gasteiger partial charge in [0.2, 0.25) is 5.89 Å². The number of fused-ring (bicyclic) bond motifs is 1. The van der Waals surface area contributed by atoms with Crippen LogP contribution in [0.4, 0.5) is 0 Å². The van der Waals surface area contributed by atoms with E-state index < -0.39 is 0 Å². The molecule has 0 atom stereocenters. The van der Waals surface area contributed by atoms with Crippen molar-refractivity contribution in [2.75, 3.05) is 0 Å². The van der Waals surface area contributed by atoms with Crippen LogP contribution >= 0.6 is 11.6 Å². The number of oxazole rings is 1. The summed E-state index contributed by atoms with van der Waals surface area (Å²) in [5.74, 6) is 0.749. The van der Waals surface area contributed by atoms with Crippen molar-refractivity contribution in [1.82, 2.24) is 4.98 Å². The Bertz CT molecular complexity index is 469. The Morgan fingerprint density at radius 1 is 1.27 bits per heavy atom. The summed E-state index contributed by atoms with van der Waals surface area (Å²) in [6.07, 6.45) is 0. The highest BCUT2D eigenvalue weighted by atomic mass is 35.5. The van der Waals surface area contributed by atoms with Gasteiger partial charge in [0, 0.05) is 10.4 Å². The molecule has 1 aromatic heterocycles. The van der Waals surface area contributed by atoms with E-state index in [-0.39, 0.29) is 5.41 Å². The average molecular weight is 224 g/mol. The van der Waals surface area contributed by atoms with Crippen LogP contribution in [-0.4, -0.2) is 4.98 Å². The first kappa shape index (κ1) is 10.5. The molecule has 1 heterocycles. The summed E-state index contributed by atoms with van der Waals surface area (Å²) in [6.45, 7) is 8.19. The van der Waals surface area contributed by atoms with Gasteiger partial charge in [-0.3, -0.25) is 0 Å². The Labute approximate surface area is 94.3 Å². The molecule has 1 aromatic carbocycles. The third kappa shape index (κ3) is 1.86. The molecule has 0 bridgehead atoms. The van der Waals surface area contributed by atoms with Gasteiger partial charge in [-0.2, -0.15) is 0 Å². The van der Waals surface area contributed by atoms with Gasteiger partial charge in [0.25, 0.3) is 0 Å². The van der Waals surface area contributed by atoms with Crippen molar-refractivity contribution in [3.8, 4) is 0 Å². The lowest BCUT2D eigenvalue weighted by Gasteiger charge is -2.11. The van der Waals surface area contributed by atoms with E-state index in [0.717, 1.165) is 27.6 Å². The second-order valence-electron chi connectivity index (χ2n) is 4.84. The number of aromatic nitrogens is 1. The highest BCUT2D eigenvalue weighted by molar-refractivity contribution is 6.32. The van der Waals surface area contributed by atoms with Gasteiger partial charge in [-0.05, 0) is 24.6 Å². The van der Waals surface area contributed by atoms with E-state index in [1.54, 1.807) is 0 Å². The van der Waals surface area contributed by atoms with Gasteiger partial charge in [0.05, 0.1) is 0 Å². The highest BCUT2D eigenvalue weighted by Crippen LogP contribution is 2.28. The Kier molecular flexibility index (Phi) is 2.27. The fraction of sp³-hybridized carbons (Fsp3) is 0.417. The van der Waals surface area contributed by atoms with E-state index in [1.807, 2.05) is 19.1 Å². The summed E-state index contributed by atoms with van der Waals surface area (Å²) in [4.78, 5) is 4.43. The zero-order chi connectivity index (χ0) is 11.2. The van der Waals surface area contributed by atoms with Gasteiger partial charge in [0.15, 0.2) is 5.58 Å². The van der Waals surface area contributed by atoms with Gasteiger partial charge >= 0.3 is 0 Å². The molecule has 0 unspecified atom stereocenters. The minimum Gasteiger partial charge on any atom is -0.440 e. The second-order valence-corrected chi connectivity index (χ2v) is 5.25. The van der Waals surface area contributed by atoms with Crippen LogP contribution in [0, 0.1) is 6.92 Å². The van der Waals surface area contributed by atoms with Crippen LogP contribution in [0.15, 0.2) is 16.5 Å². The van der Waals surface area contributed by atoms with E-state index >= 15 is 0 Å². The maximum atomic E-state index is 6.03. The molecule has 2 rings (SSSR count). The third-order valence-electron chi connectivity index (χ3n) is 2.31. The summed E-state index contributed by atoms with van der Waals surface area (Å²) >= 11 is 6.03. The van der Waals surface area contributed by atoms with Crippen LogP contribution in [0.2, 0.25) is 5.02 Å². The molecule has 0 saturated heterocycles. The van der Waals surface area contributed by atoms with Crippen molar-refractivity contribution in [3.05, 3.63) is 28.6 Å². The molecule has 2 aromatic rings. The van der Waals surface area contributed by atoms with E-state index in [1.165, 1.54) is 0 Å². The summed E-state index contributed by atoms with van der Waals surface area (Å²) < 4.78 is 5.70. The Balaban J connectivity index is 2.66. The molecule has 0 aliphatic carbocycles. The highest BCUT2D eigenvalue weighted by Gasteiger charge is 2.21. The molecule has 15 heavy (non-hydrogen) atoms. The number of benzene rings is 1. The largest absolute Gasteiger partial charge is 0.440 e. The Morgan fingerprint density at radius 2 is 1.93 bits per heavy atom. The summed E-state index contributed by atoms with van der Waals surface area (Å²) in [6, 6.07) is 3.78. The molecular weight excluding hydrogens is 210 g/mol. The molecule has 0 spiro atoms. The maximum Gasteiger partial charge on any atom is 0.200 e. The summed E-state index contributed by atoms with van der Waals surface area (Å²) in [7, 11) is 0. The van der Waals surface area contributed by atoms with E-state index in [9.17, 15) is 0 Å². The zero-order valence-electron chi connectivity index (χ0n) is 9.39. The molecule has 0 saturated carbocycles. The molecule has 3 heteroatoms. The predicted molar refractivity (Wildman–Crippen MR) is 62.5 cm³/mol. The fourth-order valence-electron chi connectivity index (χ4n) is 1.37. The van der Waals surface area contributed by atoms with Crippen LogP contribution in [0.5, 0.6) is 0 Å². The number of nitrogens with zero attached hydrogens (tertiary/aromatic N) is 1. The van der Waals surface area contributed by atoms with Crippen LogP contribution in [0.25, 0.3) is 11.1 Å². The van der Waals surface area contributed by atoms with Crippen LogP contribution in [0.1, 0.15) is 32.2 Å². The van der Waals surface area contributed by atoms with Gasteiger partial charge < -0.3 is 4.42 Å². The molecule has 0 N–H and O–H groups in total. The number of halogens is 1. The predicted octanol–water partition coefficient (Wildman–Crippen LogP) is 4.09. The number of hydrogen-bond acceptors (Lipinski definition) is 2. The van der Waals surface area contributed by atoms with Crippen molar-refractivity contribution >= 4 is 22.7 Å². The molecule has 0 aliphatic rings. The monoisotopic (exact) mass is 223 g/mol. The van der Waals surface area contributed by atoms with Gasteiger partial charge in [-0.1, -0.05) is 32.4 Å². The average Bonchev–Trinajstić information content (AvgIpc) is 2.47. The first-order chi connectivity index (χ1) is 6.88. The minimum absolute atomic E-state index is 0.0700. The van der Waals surface area contributed by atoms with Gasteiger partial charge in [-0.25, -0.2) is 4.98 Å². The number of aryl methyl sites for hydroxylation is 1. The van der Waals surface area contributed by atoms with Crippen molar-refractivity contribution in [2.45, 2.75) is 33.1 Å². The molecule has 0 fully saturated rings. The van der Waals surface area contributed by atoms with Crippen molar-refractivity contribution in [1.29, 1.82) is 0 Å². The van der Waals surface area contributed by atoms with Crippen molar-refractivity contribution in [3.63, 3.8) is 0 Å². The quantitative estimate of drug-likeness (QED) is 0.673. The van der Waals surface area contributed by atoms with Crippen LogP contribution < -0.4 is 0 Å². The lowest BCUT2D eigenvalue weighted by atomic mass is 9.97. The summed E-state index contributed by atoms with van der Waals surface area (Å²) in [5, 5.41) is 0.733. The molecule has 2 nitrogen and oxygen atoms in total. The standard InChI is InChI=1S/C12H14ClNO/c1-7-5-10-9(6-8(7)13)14-11(15-10)12(2,3)4/h5-6H,1-4H3.